The third kappa shape index (κ3) is 3.69. The Hall–Kier alpha value is -1.55. The molecule has 3 atom stereocenters. The van der Waals surface area contributed by atoms with E-state index < -0.39 is 0 Å². The van der Waals surface area contributed by atoms with Crippen molar-refractivity contribution in [1.82, 2.24) is 10.2 Å². The minimum Gasteiger partial charge on any atom is -0.493 e. The van der Waals surface area contributed by atoms with Gasteiger partial charge in [0.05, 0.1) is 18.7 Å². The fourth-order valence-corrected chi connectivity index (χ4v) is 3.73. The summed E-state index contributed by atoms with van der Waals surface area (Å²) in [4.78, 5) is 15.1. The van der Waals surface area contributed by atoms with Crippen molar-refractivity contribution in [3.8, 4) is 5.75 Å². The number of rotatable bonds is 4. The zero-order valence-electron chi connectivity index (χ0n) is 14.3. The monoisotopic (exact) mass is 316 g/mol. The van der Waals surface area contributed by atoms with Gasteiger partial charge in [-0.2, -0.15) is 0 Å². The number of piperidine rings is 1. The van der Waals surface area contributed by atoms with Crippen molar-refractivity contribution < 1.29 is 9.53 Å². The number of likely N-dealkylation sites (tertiary alicyclic amines) is 1. The zero-order valence-corrected chi connectivity index (χ0v) is 14.3. The van der Waals surface area contributed by atoms with Crippen LogP contribution < -0.4 is 10.1 Å². The van der Waals surface area contributed by atoms with Gasteiger partial charge in [-0.25, -0.2) is 0 Å². The second-order valence-corrected chi connectivity index (χ2v) is 6.82. The highest BCUT2D eigenvalue weighted by Crippen LogP contribution is 2.31. The van der Waals surface area contributed by atoms with Gasteiger partial charge in [0.15, 0.2) is 0 Å². The van der Waals surface area contributed by atoms with Crippen LogP contribution in [-0.2, 0) is 4.79 Å². The van der Waals surface area contributed by atoms with Gasteiger partial charge in [0.1, 0.15) is 5.75 Å². The highest BCUT2D eigenvalue weighted by atomic mass is 16.5. The molecule has 23 heavy (non-hydrogen) atoms. The van der Waals surface area contributed by atoms with Crippen LogP contribution in [0.25, 0.3) is 0 Å². The van der Waals surface area contributed by atoms with Crippen LogP contribution in [-0.4, -0.2) is 36.5 Å². The summed E-state index contributed by atoms with van der Waals surface area (Å²) in [5.74, 6) is 1.78. The molecule has 0 aromatic heterocycles. The number of nitrogens with zero attached hydrogens (tertiary/aromatic N) is 1. The van der Waals surface area contributed by atoms with Crippen LogP contribution in [0.2, 0.25) is 0 Å². The van der Waals surface area contributed by atoms with Gasteiger partial charge < -0.3 is 10.1 Å². The largest absolute Gasteiger partial charge is 0.493 e. The van der Waals surface area contributed by atoms with Crippen LogP contribution in [0.5, 0.6) is 5.75 Å². The van der Waals surface area contributed by atoms with E-state index in [1.54, 1.807) is 0 Å². The van der Waals surface area contributed by atoms with E-state index in [1.165, 1.54) is 19.3 Å². The second kappa shape index (κ2) is 7.35. The van der Waals surface area contributed by atoms with Crippen molar-refractivity contribution in [2.24, 2.45) is 5.92 Å². The molecule has 1 aromatic rings. The lowest BCUT2D eigenvalue weighted by Gasteiger charge is -2.36. The van der Waals surface area contributed by atoms with Crippen molar-refractivity contribution in [3.05, 3.63) is 29.8 Å². The zero-order chi connectivity index (χ0) is 16.2. The van der Waals surface area contributed by atoms with Crippen LogP contribution in [0, 0.1) is 5.92 Å². The summed E-state index contributed by atoms with van der Waals surface area (Å²) in [5, 5.41) is 3.24. The Kier molecular flexibility index (Phi) is 5.21. The summed E-state index contributed by atoms with van der Waals surface area (Å²) in [6, 6.07) is 8.03. The van der Waals surface area contributed by atoms with Crippen LogP contribution >= 0.6 is 0 Å². The maximum Gasteiger partial charge on any atom is 0.237 e. The molecule has 3 unspecified atom stereocenters. The first kappa shape index (κ1) is 16.3. The Balaban J connectivity index is 1.63. The molecule has 0 bridgehead atoms. The highest BCUT2D eigenvalue weighted by Gasteiger charge is 2.29. The third-order valence-electron chi connectivity index (χ3n) is 5.33. The number of carbonyl (C=O) groups excluding carboxylic acids is 1. The van der Waals surface area contributed by atoms with Crippen molar-refractivity contribution in [2.75, 3.05) is 19.7 Å². The van der Waals surface area contributed by atoms with Gasteiger partial charge in [-0.3, -0.25) is 9.69 Å². The Bertz CT molecular complexity index is 546. The summed E-state index contributed by atoms with van der Waals surface area (Å²) < 4.78 is 5.68. The average molecular weight is 316 g/mol. The van der Waals surface area contributed by atoms with Crippen LogP contribution in [0.15, 0.2) is 24.3 Å². The summed E-state index contributed by atoms with van der Waals surface area (Å²) in [6.45, 7) is 7.04. The molecule has 1 saturated heterocycles. The Labute approximate surface area is 139 Å². The van der Waals surface area contributed by atoms with Gasteiger partial charge >= 0.3 is 0 Å². The molecule has 0 spiro atoms. The predicted octanol–water partition coefficient (Wildman–Crippen LogP) is 3.14. The van der Waals surface area contributed by atoms with E-state index >= 15 is 0 Å². The van der Waals surface area contributed by atoms with Crippen LogP contribution in [0.1, 0.15) is 51.1 Å². The maximum atomic E-state index is 12.7. The molecule has 2 heterocycles. The molecule has 126 valence electrons. The Morgan fingerprint density at radius 1 is 1.39 bits per heavy atom. The Morgan fingerprint density at radius 3 is 3.04 bits per heavy atom. The minimum absolute atomic E-state index is 0.0562. The van der Waals surface area contributed by atoms with Crippen LogP contribution in [0.3, 0.4) is 0 Å². The number of para-hydroxylation sites is 1. The second-order valence-electron chi connectivity index (χ2n) is 6.82. The third-order valence-corrected chi connectivity index (χ3v) is 5.33. The molecule has 0 radical (unpaired) electrons. The molecule has 4 nitrogen and oxygen atoms in total. The molecule has 0 aliphatic carbocycles. The van der Waals surface area contributed by atoms with Crippen molar-refractivity contribution in [2.45, 2.75) is 51.6 Å². The summed E-state index contributed by atoms with van der Waals surface area (Å²) in [6.07, 6.45) is 4.55. The molecule has 1 amide bonds. The van der Waals surface area contributed by atoms with Gasteiger partial charge in [-0.1, -0.05) is 31.5 Å². The van der Waals surface area contributed by atoms with E-state index in [0.717, 1.165) is 36.7 Å². The van der Waals surface area contributed by atoms with Gasteiger partial charge in [0.25, 0.3) is 0 Å². The molecular formula is C19H28N2O2. The molecule has 3 rings (SSSR count). The normalized spacial score (nSPS) is 26.0. The number of fused-ring (bicyclic) bond motifs is 1. The van der Waals surface area contributed by atoms with Crippen LogP contribution in [0.4, 0.5) is 0 Å². The van der Waals surface area contributed by atoms with E-state index in [-0.39, 0.29) is 18.0 Å². The average Bonchev–Trinajstić information content (AvgIpc) is 2.61. The molecule has 1 aromatic carbocycles. The van der Waals surface area contributed by atoms with E-state index in [9.17, 15) is 4.79 Å². The highest BCUT2D eigenvalue weighted by molar-refractivity contribution is 5.82. The number of hydrogen-bond acceptors (Lipinski definition) is 3. The number of carbonyl (C=O) groups is 1. The summed E-state index contributed by atoms with van der Waals surface area (Å²) >= 11 is 0. The van der Waals surface area contributed by atoms with Crippen molar-refractivity contribution in [1.29, 1.82) is 0 Å². The molecule has 0 saturated carbocycles. The first-order valence-electron chi connectivity index (χ1n) is 8.95. The van der Waals surface area contributed by atoms with Gasteiger partial charge in [-0.15, -0.1) is 0 Å². The van der Waals surface area contributed by atoms with Gasteiger partial charge in [0.2, 0.25) is 5.91 Å². The molecule has 1 fully saturated rings. The molecule has 2 aliphatic heterocycles. The lowest BCUT2D eigenvalue weighted by Crippen LogP contribution is -2.50. The first-order valence-corrected chi connectivity index (χ1v) is 8.95. The van der Waals surface area contributed by atoms with E-state index in [2.05, 4.69) is 23.2 Å². The number of ether oxygens (including phenoxy) is 1. The van der Waals surface area contributed by atoms with Gasteiger partial charge in [0, 0.05) is 18.5 Å². The number of benzene rings is 1. The molecule has 2 aliphatic rings. The number of amides is 1. The molecule has 1 N–H and O–H groups in total. The number of hydrogen-bond donors (Lipinski definition) is 1. The molecule has 4 heteroatoms. The summed E-state index contributed by atoms with van der Waals surface area (Å²) in [5.41, 5.74) is 1.10. The standard InChI is InChI=1S/C19H28N2O2/c1-3-15-7-6-11-21(13-15)14(2)19(22)20-17-10-12-23-18-9-5-4-8-16(17)18/h4-5,8-9,14-15,17H,3,6-7,10-13H2,1-2H3,(H,20,22). The Morgan fingerprint density at radius 2 is 2.22 bits per heavy atom. The fraction of sp³-hybridized carbons (Fsp3) is 0.632. The summed E-state index contributed by atoms with van der Waals surface area (Å²) in [7, 11) is 0. The predicted molar refractivity (Wildman–Crippen MR) is 91.5 cm³/mol. The van der Waals surface area contributed by atoms with E-state index in [0.29, 0.717) is 6.61 Å². The first-order chi connectivity index (χ1) is 11.2. The van der Waals surface area contributed by atoms with E-state index in [1.807, 2.05) is 25.1 Å². The van der Waals surface area contributed by atoms with E-state index in [4.69, 9.17) is 4.74 Å². The quantitative estimate of drug-likeness (QED) is 0.928. The van der Waals surface area contributed by atoms with Crippen molar-refractivity contribution in [3.63, 3.8) is 0 Å². The maximum absolute atomic E-state index is 12.7. The van der Waals surface area contributed by atoms with Gasteiger partial charge in [-0.05, 0) is 38.3 Å². The topological polar surface area (TPSA) is 41.6 Å². The minimum atomic E-state index is -0.0562. The fourth-order valence-electron chi connectivity index (χ4n) is 3.73. The molecular weight excluding hydrogens is 288 g/mol. The lowest BCUT2D eigenvalue weighted by atomic mass is 9.94. The van der Waals surface area contributed by atoms with Crippen molar-refractivity contribution >= 4 is 5.91 Å². The lowest BCUT2D eigenvalue weighted by molar-refractivity contribution is -0.127. The number of nitrogens with one attached hydrogen (secondary N) is 1. The smallest absolute Gasteiger partial charge is 0.237 e. The SMILES string of the molecule is CCC1CCCN(C(C)C(=O)NC2CCOc3ccccc32)C1.